The zero-order chi connectivity index (χ0) is 10.0. The normalized spacial score (nSPS) is 41.1. The van der Waals surface area contributed by atoms with Gasteiger partial charge >= 0.3 is 0 Å². The van der Waals surface area contributed by atoms with Crippen LogP contribution in [-0.4, -0.2) is 56.3 Å². The van der Waals surface area contributed by atoms with Crippen molar-refractivity contribution >= 4 is 8.53 Å². The first kappa shape index (κ1) is 11.2. The quantitative estimate of drug-likeness (QED) is 0.274. The van der Waals surface area contributed by atoms with Gasteiger partial charge in [-0.2, -0.15) is 0 Å². The molecule has 0 radical (unpaired) electrons. The fourth-order valence-corrected chi connectivity index (χ4v) is 1.49. The van der Waals surface area contributed by atoms with E-state index in [0.29, 0.717) is 0 Å². The molecule has 0 aromatic heterocycles. The van der Waals surface area contributed by atoms with Crippen molar-refractivity contribution in [1.29, 1.82) is 0 Å². The van der Waals surface area contributed by atoms with Crippen LogP contribution in [0.5, 0.6) is 0 Å². The van der Waals surface area contributed by atoms with Gasteiger partial charge in [0.05, 0.1) is 6.61 Å². The summed E-state index contributed by atoms with van der Waals surface area (Å²) in [5.74, 6) is 0. The molecular formula is C5H12NO6P. The van der Waals surface area contributed by atoms with Gasteiger partial charge in [-0.25, -0.2) is 5.09 Å². The van der Waals surface area contributed by atoms with E-state index in [2.05, 4.69) is 5.09 Å². The van der Waals surface area contributed by atoms with Crippen molar-refractivity contribution in [1.82, 2.24) is 5.09 Å². The Balaban J connectivity index is 2.48. The van der Waals surface area contributed by atoms with Crippen LogP contribution in [0.15, 0.2) is 0 Å². The van der Waals surface area contributed by atoms with Crippen LogP contribution >= 0.6 is 8.53 Å². The first-order chi connectivity index (χ1) is 6.02. The fraction of sp³-hybridized carbons (Fsp3) is 1.00. The molecule has 1 heterocycles. The second kappa shape index (κ2) is 4.59. The Morgan fingerprint density at radius 3 is 2.31 bits per heavy atom. The minimum Gasteiger partial charge on any atom is -0.388 e. The van der Waals surface area contributed by atoms with Gasteiger partial charge in [-0.15, -0.1) is 0 Å². The molecule has 4 atom stereocenters. The second-order valence-electron chi connectivity index (χ2n) is 2.72. The lowest BCUT2D eigenvalue weighted by molar-refractivity contribution is -0.190. The zero-order valence-corrected chi connectivity index (χ0v) is 7.50. The molecule has 1 fully saturated rings. The molecule has 0 amide bonds. The largest absolute Gasteiger partial charge is 0.388 e. The summed E-state index contributed by atoms with van der Waals surface area (Å²) in [6, 6.07) is 0. The average molecular weight is 213 g/mol. The molecule has 1 unspecified atom stereocenters. The molecule has 13 heavy (non-hydrogen) atoms. The second-order valence-corrected chi connectivity index (χ2v) is 3.56. The highest BCUT2D eigenvalue weighted by atomic mass is 31.2. The summed E-state index contributed by atoms with van der Waals surface area (Å²) in [6.45, 7) is -0.168. The van der Waals surface area contributed by atoms with Crippen LogP contribution in [0, 0.1) is 0 Å². The van der Waals surface area contributed by atoms with Crippen LogP contribution in [0.1, 0.15) is 0 Å². The Hall–Kier alpha value is 0.150. The van der Waals surface area contributed by atoms with Gasteiger partial charge in [0.25, 0.3) is 8.53 Å². The smallest absolute Gasteiger partial charge is 0.252 e. The molecule has 6 N–H and O–H groups in total. The van der Waals surface area contributed by atoms with Crippen LogP contribution in [-0.2, 0) is 4.74 Å². The maximum absolute atomic E-state index is 9.25. The summed E-state index contributed by atoms with van der Waals surface area (Å²) >= 11 is 0. The SMILES string of the molecule is O[C@@H]1[C@H](O)COC(NP(O)O)[C@@H]1O. The number of rotatable bonds is 2. The number of hydrogen-bond acceptors (Lipinski definition) is 7. The van der Waals surface area contributed by atoms with Gasteiger partial charge in [-0.1, -0.05) is 0 Å². The van der Waals surface area contributed by atoms with E-state index in [1.54, 1.807) is 0 Å². The third-order valence-electron chi connectivity index (χ3n) is 1.74. The maximum Gasteiger partial charge on any atom is 0.252 e. The van der Waals surface area contributed by atoms with Crippen LogP contribution in [0.4, 0.5) is 0 Å². The third-order valence-corrected chi connectivity index (χ3v) is 2.23. The highest BCUT2D eigenvalue weighted by Crippen LogP contribution is 2.22. The molecular weight excluding hydrogens is 201 g/mol. The van der Waals surface area contributed by atoms with Gasteiger partial charge in [0, 0.05) is 0 Å². The molecule has 0 aromatic carbocycles. The van der Waals surface area contributed by atoms with Crippen molar-refractivity contribution in [2.75, 3.05) is 6.61 Å². The summed E-state index contributed by atoms with van der Waals surface area (Å²) in [4.78, 5) is 17.1. The van der Waals surface area contributed by atoms with Crippen molar-refractivity contribution in [3.05, 3.63) is 0 Å². The summed E-state index contributed by atoms with van der Waals surface area (Å²) in [7, 11) is -2.41. The topological polar surface area (TPSA) is 122 Å². The lowest BCUT2D eigenvalue weighted by atomic mass is 10.1. The summed E-state index contributed by atoms with van der Waals surface area (Å²) in [5.41, 5.74) is 0. The summed E-state index contributed by atoms with van der Waals surface area (Å²) < 4.78 is 4.81. The lowest BCUT2D eigenvalue weighted by Crippen LogP contribution is -2.56. The van der Waals surface area contributed by atoms with Crippen molar-refractivity contribution < 1.29 is 29.8 Å². The van der Waals surface area contributed by atoms with Crippen molar-refractivity contribution in [2.24, 2.45) is 0 Å². The molecule has 7 nitrogen and oxygen atoms in total. The standard InChI is InChI=1S/C5H12NO6P/c7-2-1-12-5(6-13(10)11)4(9)3(2)8/h2-11H,1H2/t2-,3-,4-,5?/m1/s1. The van der Waals surface area contributed by atoms with Gasteiger partial charge in [-0.05, 0) is 0 Å². The molecule has 0 aromatic rings. The molecule has 0 saturated carbocycles. The van der Waals surface area contributed by atoms with E-state index in [9.17, 15) is 5.11 Å². The molecule has 1 aliphatic heterocycles. The van der Waals surface area contributed by atoms with Crippen molar-refractivity contribution in [3.8, 4) is 0 Å². The Morgan fingerprint density at radius 1 is 1.15 bits per heavy atom. The molecule has 78 valence electrons. The predicted octanol–water partition coefficient (Wildman–Crippen LogP) is -2.77. The lowest BCUT2D eigenvalue weighted by Gasteiger charge is -2.35. The van der Waals surface area contributed by atoms with Gasteiger partial charge in [0.1, 0.15) is 24.5 Å². The van der Waals surface area contributed by atoms with Crippen LogP contribution in [0.3, 0.4) is 0 Å². The molecule has 0 spiro atoms. The molecule has 1 saturated heterocycles. The first-order valence-corrected chi connectivity index (χ1v) is 4.87. The van der Waals surface area contributed by atoms with E-state index < -0.39 is 33.1 Å². The molecule has 1 rings (SSSR count). The van der Waals surface area contributed by atoms with Gasteiger partial charge < -0.3 is 29.8 Å². The number of ether oxygens (including phenoxy) is 1. The zero-order valence-electron chi connectivity index (χ0n) is 6.61. The Morgan fingerprint density at radius 2 is 1.77 bits per heavy atom. The van der Waals surface area contributed by atoms with Gasteiger partial charge in [0.15, 0.2) is 0 Å². The number of nitrogens with one attached hydrogen (secondary N) is 1. The molecule has 0 aliphatic carbocycles. The van der Waals surface area contributed by atoms with Crippen molar-refractivity contribution in [3.63, 3.8) is 0 Å². The van der Waals surface area contributed by atoms with Gasteiger partial charge in [-0.3, -0.25) is 0 Å². The highest BCUT2D eigenvalue weighted by Gasteiger charge is 2.38. The average Bonchev–Trinajstić information content (AvgIpc) is 2.06. The summed E-state index contributed by atoms with van der Waals surface area (Å²) in [6.07, 6.45) is -4.95. The van der Waals surface area contributed by atoms with E-state index in [1.165, 1.54) is 0 Å². The molecule has 1 aliphatic rings. The number of aliphatic hydroxyl groups is 3. The van der Waals surface area contributed by atoms with E-state index in [-0.39, 0.29) is 6.61 Å². The van der Waals surface area contributed by atoms with Crippen LogP contribution < -0.4 is 5.09 Å². The predicted molar refractivity (Wildman–Crippen MR) is 42.3 cm³/mol. The molecule has 8 heteroatoms. The maximum atomic E-state index is 9.25. The third kappa shape index (κ3) is 2.80. The summed E-state index contributed by atoms with van der Waals surface area (Å²) in [5, 5.41) is 29.5. The fourth-order valence-electron chi connectivity index (χ4n) is 1.03. The van der Waals surface area contributed by atoms with Crippen molar-refractivity contribution in [2.45, 2.75) is 24.5 Å². The van der Waals surface area contributed by atoms with E-state index in [1.807, 2.05) is 0 Å². The Labute approximate surface area is 75.6 Å². The van der Waals surface area contributed by atoms with Crippen LogP contribution in [0.25, 0.3) is 0 Å². The van der Waals surface area contributed by atoms with E-state index >= 15 is 0 Å². The Bertz CT molecular complexity index is 169. The minimum atomic E-state index is -2.41. The first-order valence-electron chi connectivity index (χ1n) is 3.62. The van der Waals surface area contributed by atoms with E-state index in [4.69, 9.17) is 24.7 Å². The minimum absolute atomic E-state index is 0.168. The highest BCUT2D eigenvalue weighted by molar-refractivity contribution is 7.42. The monoisotopic (exact) mass is 213 g/mol. The van der Waals surface area contributed by atoms with E-state index in [0.717, 1.165) is 0 Å². The Kier molecular flexibility index (Phi) is 3.96. The molecule has 0 bridgehead atoms. The van der Waals surface area contributed by atoms with Gasteiger partial charge in [0.2, 0.25) is 0 Å². The number of aliphatic hydroxyl groups excluding tert-OH is 3. The number of hydrogen-bond donors (Lipinski definition) is 6. The van der Waals surface area contributed by atoms with Crippen LogP contribution in [0.2, 0.25) is 0 Å².